The topological polar surface area (TPSA) is 55.6 Å². The van der Waals surface area contributed by atoms with Crippen LogP contribution in [0.25, 0.3) is 0 Å². The molecule has 1 aliphatic heterocycles. The Morgan fingerprint density at radius 3 is 2.89 bits per heavy atom. The summed E-state index contributed by atoms with van der Waals surface area (Å²) in [6, 6.07) is 7.43. The maximum Gasteiger partial charge on any atom is 0.239 e. The molecule has 1 aliphatic rings. The summed E-state index contributed by atoms with van der Waals surface area (Å²) in [5.41, 5.74) is 7.03. The molecule has 0 spiro atoms. The number of fused-ring (bicyclic) bond motifs is 1. The summed E-state index contributed by atoms with van der Waals surface area (Å²) < 4.78 is 5.65. The molecule has 1 amide bonds. The molecule has 0 aliphatic carbocycles. The van der Waals surface area contributed by atoms with Crippen LogP contribution in [0.4, 0.5) is 0 Å². The summed E-state index contributed by atoms with van der Waals surface area (Å²) in [7, 11) is 0. The van der Waals surface area contributed by atoms with E-state index in [2.05, 4.69) is 13.8 Å². The molecule has 1 aromatic carbocycles. The predicted molar refractivity (Wildman–Crippen MR) is 74.8 cm³/mol. The second-order valence-electron chi connectivity index (χ2n) is 5.45. The number of hydrogen-bond acceptors (Lipinski definition) is 3. The van der Waals surface area contributed by atoms with Gasteiger partial charge in [0.1, 0.15) is 12.4 Å². The molecule has 0 bridgehead atoms. The van der Waals surface area contributed by atoms with Crippen molar-refractivity contribution in [2.75, 3.05) is 13.2 Å². The molecule has 0 saturated carbocycles. The quantitative estimate of drug-likeness (QED) is 0.903. The Morgan fingerprint density at radius 1 is 1.42 bits per heavy atom. The van der Waals surface area contributed by atoms with Crippen LogP contribution in [0.15, 0.2) is 24.3 Å². The van der Waals surface area contributed by atoms with E-state index in [1.807, 2.05) is 24.3 Å². The first-order valence-corrected chi connectivity index (χ1v) is 6.83. The van der Waals surface area contributed by atoms with Crippen molar-refractivity contribution < 1.29 is 9.53 Å². The van der Waals surface area contributed by atoms with Crippen molar-refractivity contribution in [3.8, 4) is 5.75 Å². The smallest absolute Gasteiger partial charge is 0.239 e. The van der Waals surface area contributed by atoms with Crippen LogP contribution in [0.3, 0.4) is 0 Å². The average molecular weight is 262 g/mol. The van der Waals surface area contributed by atoms with E-state index in [4.69, 9.17) is 10.5 Å². The standard InChI is InChI=1S/C15H22N2O2/c1-11(2)9-13(16)15(18)17-7-8-19-14-6-4-3-5-12(14)10-17/h3-6,11,13H,7-10,16H2,1-2H3/t13-/m0/s1. The average Bonchev–Trinajstić information content (AvgIpc) is 2.58. The number of nitrogens with two attached hydrogens (primary N) is 1. The van der Waals surface area contributed by atoms with E-state index in [0.717, 1.165) is 17.7 Å². The number of carbonyl (C=O) groups excluding carboxylic acids is 1. The molecular weight excluding hydrogens is 240 g/mol. The lowest BCUT2D eigenvalue weighted by atomic mass is 10.0. The maximum absolute atomic E-state index is 12.3. The van der Waals surface area contributed by atoms with E-state index >= 15 is 0 Å². The van der Waals surface area contributed by atoms with Crippen LogP contribution >= 0.6 is 0 Å². The van der Waals surface area contributed by atoms with Crippen molar-refractivity contribution >= 4 is 5.91 Å². The second-order valence-corrected chi connectivity index (χ2v) is 5.45. The Hall–Kier alpha value is -1.55. The number of carbonyl (C=O) groups is 1. The zero-order valence-corrected chi connectivity index (χ0v) is 11.6. The Bertz CT molecular complexity index is 446. The molecule has 2 N–H and O–H groups in total. The number of benzene rings is 1. The van der Waals surface area contributed by atoms with E-state index in [9.17, 15) is 4.79 Å². The second kappa shape index (κ2) is 6.06. The molecule has 1 atom stereocenters. The summed E-state index contributed by atoms with van der Waals surface area (Å²) in [4.78, 5) is 14.1. The van der Waals surface area contributed by atoms with Gasteiger partial charge in [-0.05, 0) is 18.4 Å². The summed E-state index contributed by atoms with van der Waals surface area (Å²) in [6.07, 6.45) is 0.720. The molecule has 0 unspecified atom stereocenters. The molecule has 1 heterocycles. The maximum atomic E-state index is 12.3. The lowest BCUT2D eigenvalue weighted by Crippen LogP contribution is -2.44. The Morgan fingerprint density at radius 2 is 2.16 bits per heavy atom. The molecule has 4 heteroatoms. The fourth-order valence-corrected chi connectivity index (χ4v) is 2.36. The number of ether oxygens (including phenoxy) is 1. The first-order valence-electron chi connectivity index (χ1n) is 6.83. The molecule has 19 heavy (non-hydrogen) atoms. The molecule has 0 aromatic heterocycles. The van der Waals surface area contributed by atoms with Crippen LogP contribution in [0.5, 0.6) is 5.75 Å². The molecule has 4 nitrogen and oxygen atoms in total. The van der Waals surface area contributed by atoms with Crippen LogP contribution < -0.4 is 10.5 Å². The molecular formula is C15H22N2O2. The SMILES string of the molecule is CC(C)C[C@H](N)C(=O)N1CCOc2ccccc2C1. The minimum atomic E-state index is -0.412. The fourth-order valence-electron chi connectivity index (χ4n) is 2.36. The van der Waals surface area contributed by atoms with Gasteiger partial charge in [0, 0.05) is 12.1 Å². The van der Waals surface area contributed by atoms with Gasteiger partial charge in [0.2, 0.25) is 5.91 Å². The lowest BCUT2D eigenvalue weighted by Gasteiger charge is -2.24. The third kappa shape index (κ3) is 3.47. The highest BCUT2D eigenvalue weighted by Gasteiger charge is 2.24. The number of hydrogen-bond donors (Lipinski definition) is 1. The summed E-state index contributed by atoms with van der Waals surface area (Å²) >= 11 is 0. The van der Waals surface area contributed by atoms with Crippen molar-refractivity contribution in [3.63, 3.8) is 0 Å². The van der Waals surface area contributed by atoms with Gasteiger partial charge in [0.15, 0.2) is 0 Å². The summed E-state index contributed by atoms with van der Waals surface area (Å²) in [5, 5.41) is 0. The van der Waals surface area contributed by atoms with Crippen LogP contribution in [0.1, 0.15) is 25.8 Å². The summed E-state index contributed by atoms with van der Waals surface area (Å²) in [6.45, 7) is 5.86. The van der Waals surface area contributed by atoms with Gasteiger partial charge in [0.05, 0.1) is 12.6 Å². The highest BCUT2D eigenvalue weighted by atomic mass is 16.5. The van der Waals surface area contributed by atoms with Gasteiger partial charge in [-0.3, -0.25) is 4.79 Å². The molecule has 0 fully saturated rings. The van der Waals surface area contributed by atoms with E-state index in [1.54, 1.807) is 4.90 Å². The van der Waals surface area contributed by atoms with E-state index in [0.29, 0.717) is 25.6 Å². The number of amides is 1. The Kier molecular flexibility index (Phi) is 4.43. The van der Waals surface area contributed by atoms with Crippen molar-refractivity contribution in [1.29, 1.82) is 0 Å². The minimum absolute atomic E-state index is 0.0222. The lowest BCUT2D eigenvalue weighted by molar-refractivity contribution is -0.133. The molecule has 1 aromatic rings. The molecule has 2 rings (SSSR count). The zero-order valence-electron chi connectivity index (χ0n) is 11.6. The van der Waals surface area contributed by atoms with Gasteiger partial charge < -0.3 is 15.4 Å². The van der Waals surface area contributed by atoms with Crippen molar-refractivity contribution in [3.05, 3.63) is 29.8 Å². The van der Waals surface area contributed by atoms with Crippen molar-refractivity contribution in [2.45, 2.75) is 32.9 Å². The third-order valence-electron chi connectivity index (χ3n) is 3.31. The highest BCUT2D eigenvalue weighted by molar-refractivity contribution is 5.81. The van der Waals surface area contributed by atoms with Gasteiger partial charge in [-0.1, -0.05) is 32.0 Å². The van der Waals surface area contributed by atoms with Gasteiger partial charge in [-0.15, -0.1) is 0 Å². The van der Waals surface area contributed by atoms with Crippen LogP contribution in [-0.4, -0.2) is 30.0 Å². The van der Waals surface area contributed by atoms with Crippen LogP contribution in [0.2, 0.25) is 0 Å². The Labute approximate surface area is 114 Å². The van der Waals surface area contributed by atoms with Gasteiger partial charge in [-0.25, -0.2) is 0 Å². The minimum Gasteiger partial charge on any atom is -0.491 e. The first kappa shape index (κ1) is 13.9. The van der Waals surface area contributed by atoms with Gasteiger partial charge >= 0.3 is 0 Å². The highest BCUT2D eigenvalue weighted by Crippen LogP contribution is 2.23. The van der Waals surface area contributed by atoms with Gasteiger partial charge in [-0.2, -0.15) is 0 Å². The normalized spacial score (nSPS) is 16.5. The Balaban J connectivity index is 2.07. The van der Waals surface area contributed by atoms with Crippen molar-refractivity contribution in [1.82, 2.24) is 4.90 Å². The van der Waals surface area contributed by atoms with Crippen LogP contribution in [0, 0.1) is 5.92 Å². The number of rotatable bonds is 3. The molecule has 0 saturated heterocycles. The van der Waals surface area contributed by atoms with E-state index in [1.165, 1.54) is 0 Å². The van der Waals surface area contributed by atoms with Crippen molar-refractivity contribution in [2.24, 2.45) is 11.7 Å². The third-order valence-corrected chi connectivity index (χ3v) is 3.31. The zero-order chi connectivity index (χ0) is 13.8. The number of nitrogens with zero attached hydrogens (tertiary/aromatic N) is 1. The fraction of sp³-hybridized carbons (Fsp3) is 0.533. The largest absolute Gasteiger partial charge is 0.491 e. The predicted octanol–water partition coefficient (Wildman–Crippen LogP) is 1.78. The monoisotopic (exact) mass is 262 g/mol. The number of para-hydroxylation sites is 1. The first-order chi connectivity index (χ1) is 9.08. The van der Waals surface area contributed by atoms with Crippen LogP contribution in [-0.2, 0) is 11.3 Å². The van der Waals surface area contributed by atoms with E-state index < -0.39 is 6.04 Å². The molecule has 0 radical (unpaired) electrons. The summed E-state index contributed by atoms with van der Waals surface area (Å²) in [5.74, 6) is 1.32. The van der Waals surface area contributed by atoms with Gasteiger partial charge in [0.25, 0.3) is 0 Å². The van der Waals surface area contributed by atoms with E-state index in [-0.39, 0.29) is 5.91 Å². The molecule has 104 valence electrons.